The Morgan fingerprint density at radius 2 is 2.23 bits per heavy atom. The van der Waals surface area contributed by atoms with Crippen molar-refractivity contribution in [3.63, 3.8) is 0 Å². The van der Waals surface area contributed by atoms with Crippen LogP contribution in [-0.2, 0) is 16.1 Å². The Kier molecular flexibility index (Phi) is 3.44. The molecule has 0 unspecified atom stereocenters. The number of rotatable bonds is 2. The van der Waals surface area contributed by atoms with E-state index < -0.39 is 11.8 Å². The Morgan fingerprint density at radius 1 is 1.54 bits per heavy atom. The van der Waals surface area contributed by atoms with Gasteiger partial charge in [-0.2, -0.15) is 0 Å². The van der Waals surface area contributed by atoms with Gasteiger partial charge in [0.15, 0.2) is 0 Å². The van der Waals surface area contributed by atoms with E-state index in [1.54, 1.807) is 0 Å². The number of carbonyl (C=O) groups excluding carboxylic acids is 2. The van der Waals surface area contributed by atoms with Crippen LogP contribution in [0.25, 0.3) is 0 Å². The highest BCUT2D eigenvalue weighted by Gasteiger charge is 2.07. The summed E-state index contributed by atoms with van der Waals surface area (Å²) in [6.45, 7) is 0.331. The summed E-state index contributed by atoms with van der Waals surface area (Å²) in [5.41, 5.74) is 4.75. The Labute approximate surface area is 87.2 Å². The molecule has 70 valence electrons. The molecule has 0 saturated heterocycles. The third-order valence-electron chi connectivity index (χ3n) is 1.28. The quantitative estimate of drug-likeness (QED) is 0.767. The number of carbonyl (C=O) groups is 2. The SMILES string of the molecule is NC(=O)C(=O)NCc1ccc(Br)s1. The third kappa shape index (κ3) is 3.16. The van der Waals surface area contributed by atoms with Crippen LogP contribution in [0.5, 0.6) is 0 Å². The van der Waals surface area contributed by atoms with Crippen molar-refractivity contribution in [2.75, 3.05) is 0 Å². The molecule has 0 aliphatic rings. The van der Waals surface area contributed by atoms with Gasteiger partial charge in [-0.05, 0) is 28.1 Å². The lowest BCUT2D eigenvalue weighted by molar-refractivity contribution is -0.137. The smallest absolute Gasteiger partial charge is 0.309 e. The van der Waals surface area contributed by atoms with Crippen molar-refractivity contribution in [3.8, 4) is 0 Å². The topological polar surface area (TPSA) is 72.2 Å². The molecule has 6 heteroatoms. The van der Waals surface area contributed by atoms with Crippen molar-refractivity contribution in [3.05, 3.63) is 20.8 Å². The van der Waals surface area contributed by atoms with Gasteiger partial charge in [-0.25, -0.2) is 0 Å². The predicted molar refractivity (Wildman–Crippen MR) is 53.1 cm³/mol. The van der Waals surface area contributed by atoms with Gasteiger partial charge in [0.05, 0.1) is 10.3 Å². The fourth-order valence-corrected chi connectivity index (χ4v) is 2.12. The molecule has 13 heavy (non-hydrogen) atoms. The predicted octanol–water partition coefficient (Wildman–Crippen LogP) is 0.612. The number of thiophene rings is 1. The van der Waals surface area contributed by atoms with Gasteiger partial charge in [-0.15, -0.1) is 11.3 Å². The minimum atomic E-state index is -0.962. The molecule has 0 bridgehead atoms. The number of hydrogen-bond donors (Lipinski definition) is 2. The van der Waals surface area contributed by atoms with Crippen molar-refractivity contribution in [2.24, 2.45) is 5.73 Å². The number of halogens is 1. The van der Waals surface area contributed by atoms with Crippen LogP contribution in [0.2, 0.25) is 0 Å². The number of nitrogens with two attached hydrogens (primary N) is 1. The summed E-state index contributed by atoms with van der Waals surface area (Å²) in [4.78, 5) is 22.0. The van der Waals surface area contributed by atoms with E-state index in [2.05, 4.69) is 21.2 Å². The van der Waals surface area contributed by atoms with Crippen LogP contribution in [0.4, 0.5) is 0 Å². The summed E-state index contributed by atoms with van der Waals surface area (Å²) in [6.07, 6.45) is 0. The Balaban J connectivity index is 2.44. The third-order valence-corrected chi connectivity index (χ3v) is 2.90. The summed E-state index contributed by atoms with van der Waals surface area (Å²) in [7, 11) is 0. The van der Waals surface area contributed by atoms with E-state index in [-0.39, 0.29) is 0 Å². The van der Waals surface area contributed by atoms with Crippen molar-refractivity contribution in [1.29, 1.82) is 0 Å². The van der Waals surface area contributed by atoms with E-state index >= 15 is 0 Å². The highest BCUT2D eigenvalue weighted by atomic mass is 79.9. The summed E-state index contributed by atoms with van der Waals surface area (Å²) in [5, 5.41) is 2.39. The van der Waals surface area contributed by atoms with Gasteiger partial charge in [0.2, 0.25) is 0 Å². The second-order valence-electron chi connectivity index (χ2n) is 2.25. The summed E-state index contributed by atoms with van der Waals surface area (Å²) in [5.74, 6) is -1.72. The molecule has 4 nitrogen and oxygen atoms in total. The first kappa shape index (κ1) is 10.2. The van der Waals surface area contributed by atoms with Crippen LogP contribution in [0.15, 0.2) is 15.9 Å². The van der Waals surface area contributed by atoms with Crippen LogP contribution in [0.3, 0.4) is 0 Å². The van der Waals surface area contributed by atoms with Crippen molar-refractivity contribution in [2.45, 2.75) is 6.54 Å². The molecule has 0 aromatic carbocycles. The molecule has 0 aliphatic heterocycles. The molecule has 1 aromatic heterocycles. The fraction of sp³-hybridized carbons (Fsp3) is 0.143. The molecule has 0 atom stereocenters. The number of primary amides is 1. The van der Waals surface area contributed by atoms with Crippen molar-refractivity contribution in [1.82, 2.24) is 5.32 Å². The van der Waals surface area contributed by atoms with Crippen LogP contribution in [0, 0.1) is 0 Å². The van der Waals surface area contributed by atoms with Gasteiger partial charge in [-0.1, -0.05) is 0 Å². The maximum Gasteiger partial charge on any atom is 0.309 e. The fourth-order valence-electron chi connectivity index (χ4n) is 0.701. The number of nitrogens with one attached hydrogen (secondary N) is 1. The van der Waals surface area contributed by atoms with E-state index in [0.29, 0.717) is 6.54 Å². The molecule has 1 aromatic rings. The zero-order valence-electron chi connectivity index (χ0n) is 6.54. The maximum absolute atomic E-state index is 10.7. The lowest BCUT2D eigenvalue weighted by Crippen LogP contribution is -2.35. The molecule has 0 saturated carbocycles. The van der Waals surface area contributed by atoms with E-state index in [1.165, 1.54) is 11.3 Å². The number of amides is 2. The first-order chi connectivity index (χ1) is 6.09. The number of hydrogen-bond acceptors (Lipinski definition) is 3. The largest absolute Gasteiger partial charge is 0.361 e. The van der Waals surface area contributed by atoms with Gasteiger partial charge >= 0.3 is 11.8 Å². The zero-order valence-corrected chi connectivity index (χ0v) is 8.94. The van der Waals surface area contributed by atoms with Gasteiger partial charge in [-0.3, -0.25) is 9.59 Å². The summed E-state index contributed by atoms with van der Waals surface area (Å²) < 4.78 is 0.982. The van der Waals surface area contributed by atoms with Gasteiger partial charge in [0.25, 0.3) is 0 Å². The summed E-state index contributed by atoms with van der Waals surface area (Å²) in [6, 6.07) is 3.73. The lowest BCUT2D eigenvalue weighted by atomic mass is 10.4. The summed E-state index contributed by atoms with van der Waals surface area (Å²) >= 11 is 4.77. The lowest BCUT2D eigenvalue weighted by Gasteiger charge is -1.98. The first-order valence-electron chi connectivity index (χ1n) is 3.41. The molecule has 1 rings (SSSR count). The highest BCUT2D eigenvalue weighted by molar-refractivity contribution is 9.11. The van der Waals surface area contributed by atoms with E-state index in [9.17, 15) is 9.59 Å². The van der Waals surface area contributed by atoms with Gasteiger partial charge < -0.3 is 11.1 Å². The van der Waals surface area contributed by atoms with Gasteiger partial charge in [0, 0.05) is 4.88 Å². The minimum absolute atomic E-state index is 0.331. The molecule has 0 radical (unpaired) electrons. The normalized spacial score (nSPS) is 9.62. The minimum Gasteiger partial charge on any atom is -0.361 e. The molecular weight excluding hydrogens is 256 g/mol. The molecule has 0 fully saturated rings. The van der Waals surface area contributed by atoms with E-state index in [0.717, 1.165) is 8.66 Å². The Hall–Kier alpha value is -0.880. The molecular formula is C7H7BrN2O2S. The first-order valence-corrected chi connectivity index (χ1v) is 5.02. The van der Waals surface area contributed by atoms with Crippen LogP contribution < -0.4 is 11.1 Å². The highest BCUT2D eigenvalue weighted by Crippen LogP contribution is 2.21. The van der Waals surface area contributed by atoms with Gasteiger partial charge in [0.1, 0.15) is 0 Å². The molecule has 3 N–H and O–H groups in total. The average Bonchev–Trinajstić information content (AvgIpc) is 2.47. The van der Waals surface area contributed by atoms with Crippen LogP contribution >= 0.6 is 27.3 Å². The monoisotopic (exact) mass is 262 g/mol. The van der Waals surface area contributed by atoms with Crippen LogP contribution in [0.1, 0.15) is 4.88 Å². The van der Waals surface area contributed by atoms with Crippen LogP contribution in [-0.4, -0.2) is 11.8 Å². The molecule has 2 amide bonds. The molecule has 0 spiro atoms. The van der Waals surface area contributed by atoms with E-state index in [1.807, 2.05) is 12.1 Å². The molecule has 1 heterocycles. The van der Waals surface area contributed by atoms with E-state index in [4.69, 9.17) is 5.73 Å². The second kappa shape index (κ2) is 4.38. The molecule has 0 aliphatic carbocycles. The Bertz CT molecular complexity index is 337. The van der Waals surface area contributed by atoms with Crippen molar-refractivity contribution < 1.29 is 9.59 Å². The standard InChI is InChI=1S/C7H7BrN2O2S/c8-5-2-1-4(13-5)3-10-7(12)6(9)11/h1-2H,3H2,(H2,9,11)(H,10,12). The zero-order chi connectivity index (χ0) is 9.84. The Morgan fingerprint density at radius 3 is 2.69 bits per heavy atom. The second-order valence-corrected chi connectivity index (χ2v) is 4.80. The maximum atomic E-state index is 10.7. The average molecular weight is 263 g/mol. The van der Waals surface area contributed by atoms with Crippen molar-refractivity contribution >= 4 is 39.1 Å².